The first-order valence-corrected chi connectivity index (χ1v) is 8.86. The third kappa shape index (κ3) is 4.94. The van der Waals surface area contributed by atoms with E-state index in [1.807, 2.05) is 37.3 Å². The van der Waals surface area contributed by atoms with E-state index in [1.165, 1.54) is 6.33 Å². The summed E-state index contributed by atoms with van der Waals surface area (Å²) in [7, 11) is 0. The zero-order valence-corrected chi connectivity index (χ0v) is 15.3. The zero-order valence-electron chi connectivity index (χ0n) is 15.3. The van der Waals surface area contributed by atoms with E-state index in [4.69, 9.17) is 5.11 Å². The minimum Gasteiger partial charge on any atom is -0.465 e. The maximum absolute atomic E-state index is 12.0. The molecule has 1 aromatic heterocycles. The molecule has 0 bridgehead atoms. The van der Waals surface area contributed by atoms with Gasteiger partial charge >= 0.3 is 6.09 Å². The number of hydrogen-bond acceptors (Lipinski definition) is 5. The highest BCUT2D eigenvalue weighted by atomic mass is 16.4. The molecule has 8 heteroatoms. The van der Waals surface area contributed by atoms with Crippen molar-refractivity contribution in [1.29, 1.82) is 0 Å². The summed E-state index contributed by atoms with van der Waals surface area (Å²) in [5.74, 6) is 0.391. The lowest BCUT2D eigenvalue weighted by molar-refractivity contribution is -0.116. The fraction of sp³-hybridized carbons (Fsp3) is 0.200. The normalized spacial score (nSPS) is 11.6. The third-order valence-electron chi connectivity index (χ3n) is 4.20. The van der Waals surface area contributed by atoms with Crippen molar-refractivity contribution < 1.29 is 14.7 Å². The molecule has 2 amide bonds. The molecule has 0 radical (unpaired) electrons. The highest BCUT2D eigenvalue weighted by Gasteiger charge is 2.11. The maximum Gasteiger partial charge on any atom is 0.404 e. The Balaban J connectivity index is 1.76. The zero-order chi connectivity index (χ0) is 19.9. The van der Waals surface area contributed by atoms with Gasteiger partial charge in [0, 0.05) is 30.1 Å². The molecule has 0 saturated heterocycles. The summed E-state index contributed by atoms with van der Waals surface area (Å²) in [6.45, 7) is 2.10. The van der Waals surface area contributed by atoms with Crippen LogP contribution < -0.4 is 16.0 Å². The Morgan fingerprint density at radius 3 is 2.64 bits per heavy atom. The fourth-order valence-corrected chi connectivity index (χ4v) is 2.79. The Morgan fingerprint density at radius 2 is 1.89 bits per heavy atom. The van der Waals surface area contributed by atoms with Crippen LogP contribution in [0.1, 0.15) is 24.9 Å². The number of amides is 2. The lowest BCUT2D eigenvalue weighted by Crippen LogP contribution is -2.25. The fourth-order valence-electron chi connectivity index (χ4n) is 2.79. The first kappa shape index (κ1) is 19.1. The van der Waals surface area contributed by atoms with Crippen LogP contribution in [0.2, 0.25) is 0 Å². The molecule has 144 valence electrons. The molecule has 0 spiro atoms. The Bertz CT molecular complexity index is 978. The average Bonchev–Trinajstić information content (AvgIpc) is 2.69. The summed E-state index contributed by atoms with van der Waals surface area (Å²) in [6, 6.07) is 15.4. The molecule has 0 saturated carbocycles. The van der Waals surface area contributed by atoms with Gasteiger partial charge in [-0.05, 0) is 30.7 Å². The maximum atomic E-state index is 12.0. The van der Waals surface area contributed by atoms with Gasteiger partial charge in [-0.1, -0.05) is 30.3 Å². The van der Waals surface area contributed by atoms with Crippen LogP contribution in [0.25, 0.3) is 10.9 Å². The van der Waals surface area contributed by atoms with Gasteiger partial charge in [-0.25, -0.2) is 14.8 Å². The van der Waals surface area contributed by atoms with E-state index in [0.717, 1.165) is 16.5 Å². The standard InChI is InChI=1S/C20H21N5O3/c1-13(14-5-3-2-4-6-14)24-19-16-11-15(7-8-17(16)22-12-23-19)25-18(26)9-10-21-20(27)28/h2-8,11-13,21H,9-10H2,1H3,(H,25,26)(H,27,28)(H,22,23,24). The second-order valence-electron chi connectivity index (χ2n) is 6.26. The number of nitrogens with one attached hydrogen (secondary N) is 3. The van der Waals surface area contributed by atoms with Gasteiger partial charge < -0.3 is 21.1 Å². The SMILES string of the molecule is CC(Nc1ncnc2ccc(NC(=O)CCNC(=O)O)cc12)c1ccccc1. The number of rotatable bonds is 7. The number of anilines is 2. The molecule has 0 aliphatic heterocycles. The Kier molecular flexibility index (Phi) is 6.01. The average molecular weight is 379 g/mol. The summed E-state index contributed by atoms with van der Waals surface area (Å²) >= 11 is 0. The van der Waals surface area contributed by atoms with Crippen molar-refractivity contribution >= 4 is 34.4 Å². The molecule has 1 atom stereocenters. The largest absolute Gasteiger partial charge is 0.465 e. The van der Waals surface area contributed by atoms with Gasteiger partial charge in [0.25, 0.3) is 0 Å². The second kappa shape index (κ2) is 8.81. The molecular weight excluding hydrogens is 358 g/mol. The number of carbonyl (C=O) groups excluding carboxylic acids is 1. The van der Waals surface area contributed by atoms with Gasteiger partial charge in [-0.15, -0.1) is 0 Å². The molecular formula is C20H21N5O3. The van der Waals surface area contributed by atoms with E-state index in [1.54, 1.807) is 18.2 Å². The van der Waals surface area contributed by atoms with Crippen LogP contribution in [0.3, 0.4) is 0 Å². The minimum absolute atomic E-state index is 0.0413. The minimum atomic E-state index is -1.15. The van der Waals surface area contributed by atoms with E-state index < -0.39 is 6.09 Å². The molecule has 1 heterocycles. The number of benzene rings is 2. The molecule has 3 rings (SSSR count). The van der Waals surface area contributed by atoms with Crippen molar-refractivity contribution in [2.45, 2.75) is 19.4 Å². The predicted molar refractivity (Wildman–Crippen MR) is 107 cm³/mol. The van der Waals surface area contributed by atoms with Gasteiger partial charge in [-0.2, -0.15) is 0 Å². The third-order valence-corrected chi connectivity index (χ3v) is 4.20. The van der Waals surface area contributed by atoms with Crippen molar-refractivity contribution in [3.05, 3.63) is 60.4 Å². The number of carbonyl (C=O) groups is 2. The van der Waals surface area contributed by atoms with Crippen LogP contribution >= 0.6 is 0 Å². The summed E-state index contributed by atoms with van der Waals surface area (Å²) < 4.78 is 0. The monoisotopic (exact) mass is 379 g/mol. The van der Waals surface area contributed by atoms with Crippen LogP contribution in [-0.4, -0.2) is 33.6 Å². The molecule has 2 aromatic carbocycles. The molecule has 28 heavy (non-hydrogen) atoms. The van der Waals surface area contributed by atoms with E-state index in [9.17, 15) is 9.59 Å². The molecule has 0 aliphatic carbocycles. The van der Waals surface area contributed by atoms with Crippen LogP contribution in [0, 0.1) is 0 Å². The van der Waals surface area contributed by atoms with Crippen molar-refractivity contribution in [3.63, 3.8) is 0 Å². The quantitative estimate of drug-likeness (QED) is 0.500. The number of hydrogen-bond donors (Lipinski definition) is 4. The van der Waals surface area contributed by atoms with Crippen molar-refractivity contribution in [2.75, 3.05) is 17.2 Å². The van der Waals surface area contributed by atoms with E-state index in [0.29, 0.717) is 11.5 Å². The smallest absolute Gasteiger partial charge is 0.404 e. The Hall–Kier alpha value is -3.68. The van der Waals surface area contributed by atoms with E-state index in [-0.39, 0.29) is 24.9 Å². The number of fused-ring (bicyclic) bond motifs is 1. The molecule has 3 aromatic rings. The summed E-state index contributed by atoms with van der Waals surface area (Å²) in [4.78, 5) is 31.1. The summed E-state index contributed by atoms with van der Waals surface area (Å²) in [6.07, 6.45) is 0.392. The molecule has 4 N–H and O–H groups in total. The molecule has 0 fully saturated rings. The lowest BCUT2D eigenvalue weighted by atomic mass is 10.1. The number of nitrogens with zero attached hydrogens (tertiary/aromatic N) is 2. The number of carboxylic acid groups (broad SMARTS) is 1. The summed E-state index contributed by atoms with van der Waals surface area (Å²) in [5.41, 5.74) is 2.48. The van der Waals surface area contributed by atoms with Crippen LogP contribution in [0.15, 0.2) is 54.9 Å². The van der Waals surface area contributed by atoms with E-state index in [2.05, 4.69) is 25.9 Å². The number of aromatic nitrogens is 2. The van der Waals surface area contributed by atoms with E-state index >= 15 is 0 Å². The molecule has 0 aliphatic rings. The van der Waals surface area contributed by atoms with Gasteiger partial charge in [-0.3, -0.25) is 4.79 Å². The second-order valence-corrected chi connectivity index (χ2v) is 6.26. The van der Waals surface area contributed by atoms with Crippen LogP contribution in [-0.2, 0) is 4.79 Å². The van der Waals surface area contributed by atoms with Crippen LogP contribution in [0.5, 0.6) is 0 Å². The van der Waals surface area contributed by atoms with Gasteiger partial charge in [0.2, 0.25) is 5.91 Å². The predicted octanol–water partition coefficient (Wildman–Crippen LogP) is 3.40. The van der Waals surface area contributed by atoms with Gasteiger partial charge in [0.1, 0.15) is 12.1 Å². The highest BCUT2D eigenvalue weighted by molar-refractivity contribution is 5.96. The van der Waals surface area contributed by atoms with Gasteiger partial charge in [0.05, 0.1) is 5.52 Å². The Morgan fingerprint density at radius 1 is 1.11 bits per heavy atom. The van der Waals surface area contributed by atoms with Crippen molar-refractivity contribution in [1.82, 2.24) is 15.3 Å². The topological polar surface area (TPSA) is 116 Å². The first-order valence-electron chi connectivity index (χ1n) is 8.86. The summed E-state index contributed by atoms with van der Waals surface area (Å²) in [5, 5.41) is 17.7. The van der Waals surface area contributed by atoms with Crippen LogP contribution in [0.4, 0.5) is 16.3 Å². The molecule has 8 nitrogen and oxygen atoms in total. The Labute approximate surface area is 162 Å². The molecule has 1 unspecified atom stereocenters. The first-order chi connectivity index (χ1) is 13.5. The highest BCUT2D eigenvalue weighted by Crippen LogP contribution is 2.26. The van der Waals surface area contributed by atoms with Crippen molar-refractivity contribution in [3.8, 4) is 0 Å². The lowest BCUT2D eigenvalue weighted by Gasteiger charge is -2.16. The van der Waals surface area contributed by atoms with Crippen molar-refractivity contribution in [2.24, 2.45) is 0 Å². The van der Waals surface area contributed by atoms with Gasteiger partial charge in [0.15, 0.2) is 0 Å².